The summed E-state index contributed by atoms with van der Waals surface area (Å²) in [5.41, 5.74) is 15.7. The van der Waals surface area contributed by atoms with E-state index in [-0.39, 0.29) is 47.3 Å². The van der Waals surface area contributed by atoms with E-state index in [4.69, 9.17) is 16.2 Å². The first-order valence-corrected chi connectivity index (χ1v) is 18.0. The maximum atomic E-state index is 16.5. The number of piperidine rings is 1. The summed E-state index contributed by atoms with van der Waals surface area (Å²) in [5, 5.41) is 4.64. The number of carbonyl (C=O) groups excluding carboxylic acids is 2. The van der Waals surface area contributed by atoms with Crippen LogP contribution < -0.4 is 16.4 Å². The molecule has 2 aliphatic carbocycles. The van der Waals surface area contributed by atoms with E-state index in [1.54, 1.807) is 10.7 Å². The molecule has 2 atom stereocenters. The molecular formula is C37H44F4N8O3. The Labute approximate surface area is 299 Å². The zero-order chi connectivity index (χ0) is 36.9. The van der Waals surface area contributed by atoms with Gasteiger partial charge in [-0.15, -0.1) is 0 Å². The molecule has 2 saturated heterocycles. The maximum Gasteiger partial charge on any atom is 0.433 e. The fourth-order valence-corrected chi connectivity index (χ4v) is 7.70. The first-order chi connectivity index (χ1) is 24.8. The number of rotatable bonds is 10. The van der Waals surface area contributed by atoms with Crippen LogP contribution in [0.15, 0.2) is 29.3 Å². The number of halogens is 4. The molecule has 4 aliphatic rings. The molecule has 278 valence electrons. The molecule has 2 amide bonds. The molecule has 1 aromatic carbocycles. The second-order valence-electron chi connectivity index (χ2n) is 14.6. The Morgan fingerprint density at radius 2 is 1.73 bits per heavy atom. The normalized spacial score (nSPS) is 21.8. The van der Waals surface area contributed by atoms with Crippen LogP contribution in [0.1, 0.15) is 91.2 Å². The van der Waals surface area contributed by atoms with Crippen molar-refractivity contribution in [3.63, 3.8) is 0 Å². The standard InChI is InChI=1S/C37H44F4N8O3/c1-20-15-24(36(51)45-35(43)26-7-8-30(37(39,40)41)44-33(26)22-3-4-22)9-10-48(20)29-17-25(16-28(38)27(29)18-47-11-13-52-14-12-47)32-21(2)46-49(19-31(42)50)34(32)23-5-6-23/h7-8,16-17,20,22-24H,3-6,9-15,18-19H2,1-2H3,(H2,42,50)(H2,43,45,51). The lowest BCUT2D eigenvalue weighted by atomic mass is 9.89. The van der Waals surface area contributed by atoms with E-state index in [9.17, 15) is 22.8 Å². The van der Waals surface area contributed by atoms with E-state index >= 15 is 4.39 Å². The summed E-state index contributed by atoms with van der Waals surface area (Å²) in [6.07, 6.45) is -0.456. The third-order valence-corrected chi connectivity index (χ3v) is 10.6. The van der Waals surface area contributed by atoms with Gasteiger partial charge in [-0.2, -0.15) is 23.3 Å². The van der Waals surface area contributed by atoms with Gasteiger partial charge in [-0.3, -0.25) is 19.2 Å². The van der Waals surface area contributed by atoms with Crippen molar-refractivity contribution in [2.24, 2.45) is 22.4 Å². The lowest BCUT2D eigenvalue weighted by Crippen LogP contribution is -2.44. The van der Waals surface area contributed by atoms with E-state index < -0.39 is 29.6 Å². The Hall–Kier alpha value is -4.37. The maximum absolute atomic E-state index is 16.5. The van der Waals surface area contributed by atoms with E-state index in [1.165, 1.54) is 6.07 Å². The number of pyridine rings is 1. The summed E-state index contributed by atoms with van der Waals surface area (Å²) in [6, 6.07) is 5.51. The van der Waals surface area contributed by atoms with Gasteiger partial charge in [0.2, 0.25) is 5.91 Å². The predicted molar refractivity (Wildman–Crippen MR) is 186 cm³/mol. The van der Waals surface area contributed by atoms with Crippen LogP contribution in [-0.2, 0) is 33.6 Å². The molecule has 0 spiro atoms. The van der Waals surface area contributed by atoms with E-state index in [2.05, 4.69) is 24.9 Å². The highest BCUT2D eigenvalue weighted by Crippen LogP contribution is 2.47. The van der Waals surface area contributed by atoms with Gasteiger partial charge in [0.1, 0.15) is 23.9 Å². The molecule has 4 N–H and O–H groups in total. The number of aryl methyl sites for hydroxylation is 1. The second-order valence-corrected chi connectivity index (χ2v) is 14.6. The number of nitrogens with two attached hydrogens (primary N) is 2. The molecule has 0 bridgehead atoms. The number of hydrogen-bond donors (Lipinski definition) is 2. The van der Waals surface area contributed by atoms with Crippen molar-refractivity contribution in [3.05, 3.63) is 64.0 Å². The molecule has 7 rings (SSSR count). The van der Waals surface area contributed by atoms with E-state index in [0.717, 1.165) is 35.9 Å². The molecule has 15 heteroatoms. The number of hydrogen-bond acceptors (Lipinski definition) is 7. The number of morpholine rings is 1. The number of amides is 2. The van der Waals surface area contributed by atoms with Crippen molar-refractivity contribution in [3.8, 4) is 11.1 Å². The number of amidine groups is 1. The highest BCUT2D eigenvalue weighted by molar-refractivity contribution is 6.05. The number of aromatic nitrogens is 3. The van der Waals surface area contributed by atoms with Crippen LogP contribution in [0.2, 0.25) is 0 Å². The molecule has 0 radical (unpaired) electrons. The van der Waals surface area contributed by atoms with Crippen LogP contribution in [0.5, 0.6) is 0 Å². The number of nitrogens with zero attached hydrogens (tertiary/aromatic N) is 6. The Morgan fingerprint density at radius 1 is 1.02 bits per heavy atom. The van der Waals surface area contributed by atoms with Crippen LogP contribution in [0.4, 0.5) is 23.2 Å². The fraction of sp³-hybridized carbons (Fsp3) is 0.541. The quantitative estimate of drug-likeness (QED) is 0.169. The number of alkyl halides is 3. The van der Waals surface area contributed by atoms with Gasteiger partial charge in [0.15, 0.2) is 0 Å². The number of ether oxygens (including phenoxy) is 1. The number of benzene rings is 1. The fourth-order valence-electron chi connectivity index (χ4n) is 7.70. The molecule has 52 heavy (non-hydrogen) atoms. The molecule has 2 aliphatic heterocycles. The highest BCUT2D eigenvalue weighted by Gasteiger charge is 2.38. The molecule has 3 aromatic rings. The topological polar surface area (TPSA) is 145 Å². The Kier molecular flexibility index (Phi) is 9.85. The van der Waals surface area contributed by atoms with Crippen molar-refractivity contribution in [1.29, 1.82) is 0 Å². The summed E-state index contributed by atoms with van der Waals surface area (Å²) >= 11 is 0. The number of carbonyl (C=O) groups is 2. The molecular weight excluding hydrogens is 680 g/mol. The summed E-state index contributed by atoms with van der Waals surface area (Å²) in [7, 11) is 0. The average molecular weight is 725 g/mol. The number of primary amides is 1. The minimum Gasteiger partial charge on any atom is -0.383 e. The largest absolute Gasteiger partial charge is 0.433 e. The van der Waals surface area contributed by atoms with Crippen LogP contribution in [0, 0.1) is 18.7 Å². The van der Waals surface area contributed by atoms with Crippen LogP contribution in [0.3, 0.4) is 0 Å². The number of anilines is 1. The zero-order valence-electron chi connectivity index (χ0n) is 29.4. The monoisotopic (exact) mass is 724 g/mol. The third-order valence-electron chi connectivity index (χ3n) is 10.6. The van der Waals surface area contributed by atoms with Gasteiger partial charge >= 0.3 is 6.18 Å². The molecule has 2 aromatic heterocycles. The van der Waals surface area contributed by atoms with Gasteiger partial charge in [-0.25, -0.2) is 9.37 Å². The van der Waals surface area contributed by atoms with Crippen LogP contribution >= 0.6 is 0 Å². The summed E-state index contributed by atoms with van der Waals surface area (Å²) < 4.78 is 63.8. The van der Waals surface area contributed by atoms with Gasteiger partial charge in [0.25, 0.3) is 5.91 Å². The minimum absolute atomic E-state index is 0.0556. The smallest absolute Gasteiger partial charge is 0.383 e. The van der Waals surface area contributed by atoms with Crippen molar-refractivity contribution >= 4 is 23.3 Å². The second kappa shape index (κ2) is 14.2. The zero-order valence-corrected chi connectivity index (χ0v) is 29.4. The van der Waals surface area contributed by atoms with Crippen molar-refractivity contribution < 1.29 is 31.9 Å². The molecule has 2 unspecified atom stereocenters. The van der Waals surface area contributed by atoms with Gasteiger partial charge in [0.05, 0.1) is 30.3 Å². The first kappa shape index (κ1) is 36.0. The van der Waals surface area contributed by atoms with Gasteiger partial charge in [-0.05, 0) is 82.2 Å². The lowest BCUT2D eigenvalue weighted by molar-refractivity contribution is -0.141. The van der Waals surface area contributed by atoms with Gasteiger partial charge in [-0.1, -0.05) is 0 Å². The van der Waals surface area contributed by atoms with Gasteiger partial charge < -0.3 is 21.1 Å². The Bertz CT molecular complexity index is 1900. The summed E-state index contributed by atoms with van der Waals surface area (Å²) in [5.74, 6) is -1.84. The predicted octanol–water partition coefficient (Wildman–Crippen LogP) is 5.02. The lowest BCUT2D eigenvalue weighted by Gasteiger charge is -2.40. The van der Waals surface area contributed by atoms with Gasteiger partial charge in [0, 0.05) is 72.4 Å². The first-order valence-electron chi connectivity index (χ1n) is 18.0. The SMILES string of the molecule is Cc1nn(CC(N)=O)c(C2CC2)c1-c1cc(F)c(CN2CCOCC2)c(N2CCC(C(=O)N=C(N)c3ccc(C(F)(F)F)nc3C3CC3)CC2C)c1. The Balaban J connectivity index is 1.17. The molecule has 2 saturated carbocycles. The molecule has 11 nitrogen and oxygen atoms in total. The molecule has 4 heterocycles. The Morgan fingerprint density at radius 3 is 2.37 bits per heavy atom. The van der Waals surface area contributed by atoms with Crippen molar-refractivity contribution in [1.82, 2.24) is 19.7 Å². The van der Waals surface area contributed by atoms with E-state index in [1.807, 2.05) is 19.9 Å². The highest BCUT2D eigenvalue weighted by atomic mass is 19.4. The van der Waals surface area contributed by atoms with E-state index in [0.29, 0.717) is 81.9 Å². The van der Waals surface area contributed by atoms with Crippen molar-refractivity contribution in [2.45, 2.75) is 89.5 Å². The summed E-state index contributed by atoms with van der Waals surface area (Å²) in [6.45, 7) is 7.10. The molecule has 4 fully saturated rings. The van der Waals surface area contributed by atoms with Crippen LogP contribution in [-0.4, -0.2) is 76.2 Å². The summed E-state index contributed by atoms with van der Waals surface area (Å²) in [4.78, 5) is 37.8. The average Bonchev–Trinajstić information content (AvgIpc) is 4.03. The number of aliphatic imine (C=N–C) groups is 1. The minimum atomic E-state index is -4.59. The van der Waals surface area contributed by atoms with Crippen LogP contribution in [0.25, 0.3) is 11.1 Å². The third kappa shape index (κ3) is 7.56. The van der Waals surface area contributed by atoms with Crippen molar-refractivity contribution in [2.75, 3.05) is 37.7 Å².